The van der Waals surface area contributed by atoms with Crippen molar-refractivity contribution in [3.05, 3.63) is 123 Å². The van der Waals surface area contributed by atoms with Crippen LogP contribution in [0.5, 0.6) is 5.75 Å². The van der Waals surface area contributed by atoms with Gasteiger partial charge in [-0.2, -0.15) is 0 Å². The summed E-state index contributed by atoms with van der Waals surface area (Å²) in [5, 5.41) is 4.16. The van der Waals surface area contributed by atoms with Crippen molar-refractivity contribution in [1.29, 1.82) is 0 Å². The Morgan fingerprint density at radius 1 is 0.857 bits per heavy atom. The molecule has 1 saturated carbocycles. The number of halogens is 3. The number of ether oxygens (including phenoxy) is 1. The lowest BCUT2D eigenvalue weighted by atomic mass is 9.94. The lowest BCUT2D eigenvalue weighted by molar-refractivity contribution is -0.140. The van der Waals surface area contributed by atoms with Crippen molar-refractivity contribution in [2.45, 2.75) is 62.0 Å². The molecule has 1 atom stereocenters. The second-order valence-corrected chi connectivity index (χ2v) is 15.1. The zero-order chi connectivity index (χ0) is 35.0. The van der Waals surface area contributed by atoms with Crippen LogP contribution < -0.4 is 14.4 Å². The quantitative estimate of drug-likeness (QED) is 0.150. The van der Waals surface area contributed by atoms with E-state index in [1.54, 1.807) is 42.5 Å². The van der Waals surface area contributed by atoms with Crippen molar-refractivity contribution in [3.63, 3.8) is 0 Å². The van der Waals surface area contributed by atoms with E-state index < -0.39 is 28.5 Å². The number of carbonyl (C=O) groups is 2. The summed E-state index contributed by atoms with van der Waals surface area (Å²) in [7, 11) is -2.94. The molecule has 0 unspecified atom stereocenters. The molecule has 0 heterocycles. The van der Waals surface area contributed by atoms with Crippen LogP contribution in [0.4, 0.5) is 5.69 Å². The molecular formula is C37H38Cl3N3O5S. The second-order valence-electron chi connectivity index (χ2n) is 11.9. The average Bonchev–Trinajstić information content (AvgIpc) is 3.10. The Bertz CT molecular complexity index is 1860. The Labute approximate surface area is 303 Å². The number of nitrogens with one attached hydrogen (secondary N) is 1. The summed E-state index contributed by atoms with van der Waals surface area (Å²) in [4.78, 5) is 30.5. The molecule has 1 aliphatic rings. The van der Waals surface area contributed by atoms with Crippen LogP contribution in [-0.4, -0.2) is 50.9 Å². The normalized spacial score (nSPS) is 14.1. The zero-order valence-electron chi connectivity index (χ0n) is 27.0. The maximum absolute atomic E-state index is 14.8. The standard InChI is InChI=1S/C37H38Cl3N3O5S/c1-48-35-20-19-29(39)23-33(35)43(49(46,47)31-15-9-4-10-16-31)25-36(44)42(24-27-17-18-28(38)22-32(27)40)34(21-26-11-5-2-6-12-26)37(45)41-30-13-7-3-8-14-30/h2,4-6,9-12,15-20,22-23,30,34H,3,7-8,13-14,21,24-25H2,1H3,(H,41,45)/t34-/m1/s1. The lowest BCUT2D eigenvalue weighted by Gasteiger charge is -2.35. The van der Waals surface area contributed by atoms with Crippen molar-refractivity contribution >= 4 is 62.3 Å². The highest BCUT2D eigenvalue weighted by molar-refractivity contribution is 7.92. The number of hydrogen-bond donors (Lipinski definition) is 1. The van der Waals surface area contributed by atoms with Gasteiger partial charge in [0.15, 0.2) is 0 Å². The van der Waals surface area contributed by atoms with E-state index in [9.17, 15) is 18.0 Å². The number of hydrogen-bond acceptors (Lipinski definition) is 5. The summed E-state index contributed by atoms with van der Waals surface area (Å²) < 4.78 is 35.2. The summed E-state index contributed by atoms with van der Waals surface area (Å²) in [6, 6.07) is 25.6. The number of anilines is 1. The SMILES string of the molecule is COc1ccc(Cl)cc1N(CC(=O)N(Cc1ccc(Cl)cc1Cl)[C@H](Cc1ccccc1)C(=O)NC1CCCCC1)S(=O)(=O)c1ccccc1. The molecule has 8 nitrogen and oxygen atoms in total. The minimum absolute atomic E-state index is 0.0266. The summed E-state index contributed by atoms with van der Waals surface area (Å²) in [6.45, 7) is -0.753. The van der Waals surface area contributed by atoms with Crippen molar-refractivity contribution in [2.24, 2.45) is 0 Å². The molecule has 0 aromatic heterocycles. The first kappa shape index (κ1) is 36.5. The van der Waals surface area contributed by atoms with E-state index in [1.165, 1.54) is 36.3 Å². The van der Waals surface area contributed by atoms with Gasteiger partial charge in [-0.15, -0.1) is 0 Å². The van der Waals surface area contributed by atoms with Crippen LogP contribution in [0, 0.1) is 0 Å². The lowest BCUT2D eigenvalue weighted by Crippen LogP contribution is -2.55. The van der Waals surface area contributed by atoms with Gasteiger partial charge >= 0.3 is 0 Å². The van der Waals surface area contributed by atoms with Crippen molar-refractivity contribution in [2.75, 3.05) is 18.0 Å². The van der Waals surface area contributed by atoms with Crippen LogP contribution in [0.1, 0.15) is 43.2 Å². The molecule has 0 saturated heterocycles. The number of sulfonamides is 1. The van der Waals surface area contributed by atoms with Gasteiger partial charge in [0.2, 0.25) is 11.8 Å². The highest BCUT2D eigenvalue weighted by Crippen LogP contribution is 2.35. The molecule has 1 aliphatic carbocycles. The Kier molecular flexibility index (Phi) is 12.5. The molecule has 12 heteroatoms. The van der Waals surface area contributed by atoms with Crippen molar-refractivity contribution in [3.8, 4) is 5.75 Å². The number of carbonyl (C=O) groups excluding carboxylic acids is 2. The van der Waals surface area contributed by atoms with Crippen molar-refractivity contribution in [1.82, 2.24) is 10.2 Å². The maximum atomic E-state index is 14.8. The minimum atomic E-state index is -4.34. The van der Waals surface area contributed by atoms with Crippen LogP contribution in [0.3, 0.4) is 0 Å². The Hall–Kier alpha value is -3.76. The molecule has 5 rings (SSSR count). The summed E-state index contributed by atoms with van der Waals surface area (Å²) in [5.74, 6) is -0.765. The highest BCUT2D eigenvalue weighted by atomic mass is 35.5. The van der Waals surface area contributed by atoms with Gasteiger partial charge in [-0.25, -0.2) is 8.42 Å². The van der Waals surface area contributed by atoms with Crippen LogP contribution in [0.25, 0.3) is 0 Å². The van der Waals surface area contributed by atoms with E-state index in [-0.39, 0.29) is 46.3 Å². The molecule has 0 aliphatic heterocycles. The Morgan fingerprint density at radius 3 is 2.14 bits per heavy atom. The third-order valence-corrected chi connectivity index (χ3v) is 11.2. The first-order valence-corrected chi connectivity index (χ1v) is 18.6. The Morgan fingerprint density at radius 2 is 1.49 bits per heavy atom. The molecule has 0 bridgehead atoms. The van der Waals surface area contributed by atoms with E-state index in [1.807, 2.05) is 30.3 Å². The van der Waals surface area contributed by atoms with Gasteiger partial charge < -0.3 is 15.0 Å². The number of benzene rings is 4. The fraction of sp³-hybridized carbons (Fsp3) is 0.297. The second kappa shape index (κ2) is 16.8. The van der Waals surface area contributed by atoms with Gasteiger partial charge in [0.1, 0.15) is 18.3 Å². The maximum Gasteiger partial charge on any atom is 0.264 e. The highest BCUT2D eigenvalue weighted by Gasteiger charge is 2.36. The number of methoxy groups -OCH3 is 1. The van der Waals surface area contributed by atoms with Gasteiger partial charge in [-0.05, 0) is 66.4 Å². The van der Waals surface area contributed by atoms with Gasteiger partial charge in [-0.1, -0.05) is 109 Å². The molecule has 49 heavy (non-hydrogen) atoms. The molecule has 4 aromatic carbocycles. The third-order valence-electron chi connectivity index (χ3n) is 8.60. The fourth-order valence-electron chi connectivity index (χ4n) is 6.02. The van der Waals surface area contributed by atoms with Crippen LogP contribution in [0.15, 0.2) is 102 Å². The van der Waals surface area contributed by atoms with E-state index >= 15 is 0 Å². The first-order chi connectivity index (χ1) is 23.6. The molecule has 4 aromatic rings. The average molecular weight is 743 g/mol. The predicted octanol–water partition coefficient (Wildman–Crippen LogP) is 7.94. The fourth-order valence-corrected chi connectivity index (χ4v) is 8.09. The van der Waals surface area contributed by atoms with E-state index in [0.717, 1.165) is 42.0 Å². The third kappa shape index (κ3) is 9.28. The van der Waals surface area contributed by atoms with Gasteiger partial charge in [0.05, 0.1) is 17.7 Å². The molecule has 258 valence electrons. The number of nitrogens with zero attached hydrogens (tertiary/aromatic N) is 2. The molecular weight excluding hydrogens is 705 g/mol. The van der Waals surface area contributed by atoms with Gasteiger partial charge in [-0.3, -0.25) is 13.9 Å². The molecule has 1 N–H and O–H groups in total. The van der Waals surface area contributed by atoms with E-state index in [2.05, 4.69) is 5.32 Å². The van der Waals surface area contributed by atoms with Gasteiger partial charge in [0, 0.05) is 34.1 Å². The van der Waals surface area contributed by atoms with Crippen LogP contribution >= 0.6 is 34.8 Å². The van der Waals surface area contributed by atoms with E-state index in [0.29, 0.717) is 15.6 Å². The zero-order valence-corrected chi connectivity index (χ0v) is 30.1. The minimum Gasteiger partial charge on any atom is -0.495 e. The van der Waals surface area contributed by atoms with Crippen LogP contribution in [0.2, 0.25) is 15.1 Å². The first-order valence-electron chi connectivity index (χ1n) is 16.1. The topological polar surface area (TPSA) is 96.0 Å². The number of amides is 2. The van der Waals surface area contributed by atoms with Crippen molar-refractivity contribution < 1.29 is 22.7 Å². The molecule has 0 radical (unpaired) electrons. The molecule has 2 amide bonds. The molecule has 0 spiro atoms. The largest absolute Gasteiger partial charge is 0.495 e. The summed E-state index contributed by atoms with van der Waals surface area (Å²) in [6.07, 6.45) is 4.99. The predicted molar refractivity (Wildman–Crippen MR) is 195 cm³/mol. The van der Waals surface area contributed by atoms with E-state index in [4.69, 9.17) is 39.5 Å². The smallest absolute Gasteiger partial charge is 0.264 e. The van der Waals surface area contributed by atoms with Gasteiger partial charge in [0.25, 0.3) is 10.0 Å². The summed E-state index contributed by atoms with van der Waals surface area (Å²) in [5.41, 5.74) is 1.44. The number of rotatable bonds is 13. The monoisotopic (exact) mass is 741 g/mol. The van der Waals surface area contributed by atoms with Crippen LogP contribution in [-0.2, 0) is 32.6 Å². The Balaban J connectivity index is 1.61. The molecule has 1 fully saturated rings. The summed E-state index contributed by atoms with van der Waals surface area (Å²) >= 11 is 19.2.